The molecule has 2 aliphatic rings. The fourth-order valence-corrected chi connectivity index (χ4v) is 2.38. The molecule has 0 saturated carbocycles. The Hall–Kier alpha value is -1.20. The van der Waals surface area contributed by atoms with Crippen molar-refractivity contribution in [2.45, 2.75) is 25.6 Å². The smallest absolute Gasteiger partial charge is 0.225 e. The van der Waals surface area contributed by atoms with Crippen LogP contribution in [0.1, 0.15) is 18.4 Å². The minimum absolute atomic E-state index is 0.318. The van der Waals surface area contributed by atoms with Crippen molar-refractivity contribution in [2.75, 3.05) is 31.2 Å². The van der Waals surface area contributed by atoms with E-state index in [2.05, 4.69) is 14.9 Å². The number of rotatable bonds is 1. The molecular weight excluding hydrogens is 218 g/mol. The molecule has 2 fully saturated rings. The lowest BCUT2D eigenvalue weighted by Gasteiger charge is -2.37. The van der Waals surface area contributed by atoms with Gasteiger partial charge in [-0.2, -0.15) is 0 Å². The molecule has 2 aliphatic heterocycles. The Morgan fingerprint density at radius 1 is 1.12 bits per heavy atom. The van der Waals surface area contributed by atoms with E-state index < -0.39 is 0 Å². The molecule has 17 heavy (non-hydrogen) atoms. The molecule has 0 aromatic carbocycles. The van der Waals surface area contributed by atoms with E-state index in [1.54, 1.807) is 0 Å². The zero-order chi connectivity index (χ0) is 11.7. The van der Waals surface area contributed by atoms with Gasteiger partial charge in [-0.25, -0.2) is 9.97 Å². The Labute approximate surface area is 101 Å². The lowest BCUT2D eigenvalue weighted by Crippen LogP contribution is -2.45. The average Bonchev–Trinajstić information content (AvgIpc) is 2.80. The highest BCUT2D eigenvalue weighted by Crippen LogP contribution is 2.32. The van der Waals surface area contributed by atoms with Crippen LogP contribution in [0.2, 0.25) is 0 Å². The van der Waals surface area contributed by atoms with Crippen LogP contribution in [0.3, 0.4) is 0 Å². The van der Waals surface area contributed by atoms with Crippen LogP contribution in [0.4, 0.5) is 5.95 Å². The van der Waals surface area contributed by atoms with Gasteiger partial charge in [0.2, 0.25) is 5.95 Å². The Morgan fingerprint density at radius 2 is 1.71 bits per heavy atom. The standard InChI is InChI=1S/C12H17N3O2/c1-10-8-13-11(14-9-10)15-4-2-12(3-5-15)16-6-7-17-12/h8-9H,2-7H2,1H3. The number of anilines is 1. The number of nitrogens with zero attached hydrogens (tertiary/aromatic N) is 3. The van der Waals surface area contributed by atoms with Gasteiger partial charge in [0.1, 0.15) is 0 Å². The van der Waals surface area contributed by atoms with Crippen molar-refractivity contribution in [3.8, 4) is 0 Å². The van der Waals surface area contributed by atoms with E-state index in [0.29, 0.717) is 0 Å². The third-order valence-corrected chi connectivity index (χ3v) is 3.39. The zero-order valence-electron chi connectivity index (χ0n) is 10.1. The van der Waals surface area contributed by atoms with E-state index >= 15 is 0 Å². The summed E-state index contributed by atoms with van der Waals surface area (Å²) in [6.07, 6.45) is 5.50. The minimum Gasteiger partial charge on any atom is -0.347 e. The van der Waals surface area contributed by atoms with Gasteiger partial charge < -0.3 is 14.4 Å². The van der Waals surface area contributed by atoms with E-state index in [1.165, 1.54) is 0 Å². The van der Waals surface area contributed by atoms with Gasteiger partial charge in [0.05, 0.1) is 13.2 Å². The van der Waals surface area contributed by atoms with Crippen LogP contribution in [0, 0.1) is 6.92 Å². The second kappa shape index (κ2) is 4.23. The summed E-state index contributed by atoms with van der Waals surface area (Å²) in [5, 5.41) is 0. The molecule has 1 aromatic rings. The number of aromatic nitrogens is 2. The molecule has 0 unspecified atom stereocenters. The van der Waals surface area contributed by atoms with Crippen molar-refractivity contribution in [1.29, 1.82) is 0 Å². The highest BCUT2D eigenvalue weighted by molar-refractivity contribution is 5.30. The molecule has 1 aromatic heterocycles. The van der Waals surface area contributed by atoms with Gasteiger partial charge in [-0.05, 0) is 12.5 Å². The lowest BCUT2D eigenvalue weighted by molar-refractivity contribution is -0.169. The van der Waals surface area contributed by atoms with Gasteiger partial charge in [-0.1, -0.05) is 0 Å². The van der Waals surface area contributed by atoms with E-state index in [4.69, 9.17) is 9.47 Å². The minimum atomic E-state index is -0.318. The molecule has 0 radical (unpaired) electrons. The Kier molecular flexibility index (Phi) is 2.72. The van der Waals surface area contributed by atoms with Crippen LogP contribution in [-0.4, -0.2) is 42.1 Å². The topological polar surface area (TPSA) is 47.5 Å². The van der Waals surface area contributed by atoms with Gasteiger partial charge in [0, 0.05) is 38.3 Å². The van der Waals surface area contributed by atoms with Gasteiger partial charge >= 0.3 is 0 Å². The second-order valence-corrected chi connectivity index (χ2v) is 4.66. The molecule has 0 atom stereocenters. The Balaban J connectivity index is 1.66. The lowest BCUT2D eigenvalue weighted by atomic mass is 10.0. The number of hydrogen-bond acceptors (Lipinski definition) is 5. The maximum atomic E-state index is 5.70. The van der Waals surface area contributed by atoms with E-state index in [-0.39, 0.29) is 5.79 Å². The molecule has 0 amide bonds. The molecule has 1 spiro atoms. The van der Waals surface area contributed by atoms with Crippen LogP contribution >= 0.6 is 0 Å². The Morgan fingerprint density at radius 3 is 2.29 bits per heavy atom. The first-order valence-corrected chi connectivity index (χ1v) is 6.09. The average molecular weight is 235 g/mol. The van der Waals surface area contributed by atoms with Gasteiger partial charge in [0.25, 0.3) is 0 Å². The predicted octanol–water partition coefficient (Wildman–Crippen LogP) is 1.13. The van der Waals surface area contributed by atoms with Crippen LogP contribution in [0.5, 0.6) is 0 Å². The van der Waals surface area contributed by atoms with Crippen LogP contribution in [0.25, 0.3) is 0 Å². The van der Waals surface area contributed by atoms with E-state index in [1.807, 2.05) is 19.3 Å². The summed E-state index contributed by atoms with van der Waals surface area (Å²) >= 11 is 0. The SMILES string of the molecule is Cc1cnc(N2CCC3(CC2)OCCO3)nc1. The summed E-state index contributed by atoms with van der Waals surface area (Å²) < 4.78 is 11.4. The quantitative estimate of drug-likeness (QED) is 0.730. The molecule has 92 valence electrons. The van der Waals surface area contributed by atoms with Gasteiger partial charge in [0.15, 0.2) is 5.79 Å². The van der Waals surface area contributed by atoms with E-state index in [0.717, 1.165) is 50.7 Å². The van der Waals surface area contributed by atoms with Crippen molar-refractivity contribution in [3.05, 3.63) is 18.0 Å². The second-order valence-electron chi connectivity index (χ2n) is 4.66. The molecule has 5 heteroatoms. The first-order valence-electron chi connectivity index (χ1n) is 6.09. The van der Waals surface area contributed by atoms with Gasteiger partial charge in [-0.3, -0.25) is 0 Å². The third kappa shape index (κ3) is 2.12. The van der Waals surface area contributed by atoms with Crippen molar-refractivity contribution in [2.24, 2.45) is 0 Å². The summed E-state index contributed by atoms with van der Waals surface area (Å²) in [5.74, 6) is 0.490. The first-order chi connectivity index (χ1) is 8.27. The van der Waals surface area contributed by atoms with Crippen LogP contribution in [0.15, 0.2) is 12.4 Å². The molecular formula is C12H17N3O2. The van der Waals surface area contributed by atoms with Crippen LogP contribution < -0.4 is 4.90 Å². The number of ether oxygens (including phenoxy) is 2. The third-order valence-electron chi connectivity index (χ3n) is 3.39. The summed E-state index contributed by atoms with van der Waals surface area (Å²) in [6, 6.07) is 0. The van der Waals surface area contributed by atoms with Crippen molar-refractivity contribution < 1.29 is 9.47 Å². The number of aryl methyl sites for hydroxylation is 1. The summed E-state index contributed by atoms with van der Waals surface area (Å²) in [6.45, 7) is 5.23. The van der Waals surface area contributed by atoms with Gasteiger partial charge in [-0.15, -0.1) is 0 Å². The maximum absolute atomic E-state index is 5.70. The zero-order valence-corrected chi connectivity index (χ0v) is 10.1. The summed E-state index contributed by atoms with van der Waals surface area (Å²) in [7, 11) is 0. The largest absolute Gasteiger partial charge is 0.347 e. The normalized spacial score (nSPS) is 23.2. The summed E-state index contributed by atoms with van der Waals surface area (Å²) in [4.78, 5) is 10.9. The molecule has 3 rings (SSSR count). The monoisotopic (exact) mass is 235 g/mol. The number of hydrogen-bond donors (Lipinski definition) is 0. The van der Waals surface area contributed by atoms with E-state index in [9.17, 15) is 0 Å². The highest BCUT2D eigenvalue weighted by Gasteiger charge is 2.40. The maximum Gasteiger partial charge on any atom is 0.225 e. The molecule has 3 heterocycles. The molecule has 0 bridgehead atoms. The fraction of sp³-hybridized carbons (Fsp3) is 0.667. The first kappa shape index (κ1) is 10.9. The molecule has 0 aliphatic carbocycles. The highest BCUT2D eigenvalue weighted by atomic mass is 16.7. The Bertz CT molecular complexity index is 377. The number of piperidine rings is 1. The molecule has 5 nitrogen and oxygen atoms in total. The van der Waals surface area contributed by atoms with Crippen LogP contribution in [-0.2, 0) is 9.47 Å². The van der Waals surface area contributed by atoms with Crippen molar-refractivity contribution in [3.63, 3.8) is 0 Å². The molecule has 2 saturated heterocycles. The van der Waals surface area contributed by atoms with Crippen molar-refractivity contribution >= 4 is 5.95 Å². The predicted molar refractivity (Wildman–Crippen MR) is 62.9 cm³/mol. The van der Waals surface area contributed by atoms with Crippen molar-refractivity contribution in [1.82, 2.24) is 9.97 Å². The fourth-order valence-electron chi connectivity index (χ4n) is 2.38. The molecule has 0 N–H and O–H groups in total. The summed E-state index contributed by atoms with van der Waals surface area (Å²) in [5.41, 5.74) is 1.09.